The largest absolute Gasteiger partial charge is 0.297 e. The molecule has 4 heteroatoms. The minimum Gasteiger partial charge on any atom is -0.297 e. The standard InChI is InChI=1S/C14H16N2O2/c1-15-13-6-7-14(15)9-11(8-13)10-2-4-12(5-3-10)16(17)18/h2-5,8,13-14H,6-7,9H2,1H3/i1-1. The van der Waals surface area contributed by atoms with E-state index in [0.29, 0.717) is 12.1 Å². The van der Waals surface area contributed by atoms with Crippen LogP contribution in [0.15, 0.2) is 30.3 Å². The summed E-state index contributed by atoms with van der Waals surface area (Å²) in [6.45, 7) is 0. The molecule has 2 aliphatic rings. The Hall–Kier alpha value is -1.68. The van der Waals surface area contributed by atoms with Gasteiger partial charge >= 0.3 is 0 Å². The van der Waals surface area contributed by atoms with E-state index in [1.54, 1.807) is 12.1 Å². The number of nitrogens with zero attached hydrogens (tertiary/aromatic N) is 2. The Kier molecular flexibility index (Phi) is 2.67. The Morgan fingerprint density at radius 1 is 1.28 bits per heavy atom. The first-order chi connectivity index (χ1) is 8.65. The molecule has 18 heavy (non-hydrogen) atoms. The van der Waals surface area contributed by atoms with Gasteiger partial charge < -0.3 is 0 Å². The number of rotatable bonds is 2. The molecule has 94 valence electrons. The normalized spacial score (nSPS) is 27.1. The number of hydrogen-bond acceptors (Lipinski definition) is 3. The van der Waals surface area contributed by atoms with Crippen LogP contribution in [0, 0.1) is 10.1 Å². The van der Waals surface area contributed by atoms with Crippen LogP contribution in [0.1, 0.15) is 24.8 Å². The van der Waals surface area contributed by atoms with E-state index >= 15 is 0 Å². The number of fused-ring (bicyclic) bond motifs is 2. The zero-order chi connectivity index (χ0) is 12.7. The van der Waals surface area contributed by atoms with Crippen molar-refractivity contribution in [3.8, 4) is 0 Å². The van der Waals surface area contributed by atoms with E-state index in [-0.39, 0.29) is 10.6 Å². The molecule has 0 spiro atoms. The molecule has 2 aliphatic heterocycles. The Morgan fingerprint density at radius 2 is 2.00 bits per heavy atom. The van der Waals surface area contributed by atoms with Crippen LogP contribution in [0.25, 0.3) is 5.57 Å². The second-order valence-electron chi connectivity index (χ2n) is 5.16. The third-order valence-corrected chi connectivity index (χ3v) is 4.19. The van der Waals surface area contributed by atoms with Crippen molar-refractivity contribution in [2.24, 2.45) is 0 Å². The molecular weight excluding hydrogens is 227 g/mol. The van der Waals surface area contributed by atoms with Crippen molar-refractivity contribution < 1.29 is 4.92 Å². The van der Waals surface area contributed by atoms with Gasteiger partial charge in [-0.2, -0.15) is 0 Å². The highest BCUT2D eigenvalue weighted by Gasteiger charge is 2.33. The average molecular weight is 243 g/mol. The predicted molar refractivity (Wildman–Crippen MR) is 70.3 cm³/mol. The summed E-state index contributed by atoms with van der Waals surface area (Å²) in [6.07, 6.45) is 5.88. The van der Waals surface area contributed by atoms with Crippen molar-refractivity contribution in [2.75, 3.05) is 7.05 Å². The third kappa shape index (κ3) is 1.82. The molecule has 3 rings (SSSR count). The minimum absolute atomic E-state index is 0.162. The van der Waals surface area contributed by atoms with E-state index in [2.05, 4.69) is 18.0 Å². The maximum Gasteiger partial charge on any atom is 0.269 e. The number of nitro benzene ring substituents is 1. The van der Waals surface area contributed by atoms with Gasteiger partial charge in [-0.25, -0.2) is 0 Å². The van der Waals surface area contributed by atoms with Crippen molar-refractivity contribution in [3.63, 3.8) is 0 Å². The first-order valence-electron chi connectivity index (χ1n) is 6.32. The lowest BCUT2D eigenvalue weighted by Gasteiger charge is -2.30. The number of nitro groups is 1. The van der Waals surface area contributed by atoms with Crippen molar-refractivity contribution in [3.05, 3.63) is 46.0 Å². The Labute approximate surface area is 106 Å². The van der Waals surface area contributed by atoms with Gasteiger partial charge in [0.05, 0.1) is 4.92 Å². The van der Waals surface area contributed by atoms with Crippen molar-refractivity contribution >= 4 is 11.3 Å². The molecule has 0 radical (unpaired) electrons. The fourth-order valence-corrected chi connectivity index (χ4v) is 3.05. The maximum atomic E-state index is 10.6. The Bertz CT molecular complexity index is 507. The van der Waals surface area contributed by atoms with Crippen LogP contribution >= 0.6 is 0 Å². The quantitative estimate of drug-likeness (QED) is 0.592. The van der Waals surface area contributed by atoms with Crippen molar-refractivity contribution in [1.29, 1.82) is 0 Å². The van der Waals surface area contributed by atoms with Gasteiger partial charge in [-0.05, 0) is 49.6 Å². The molecule has 2 unspecified atom stereocenters. The zero-order valence-electron chi connectivity index (χ0n) is 10.4. The third-order valence-electron chi connectivity index (χ3n) is 4.19. The Balaban J connectivity index is 1.88. The summed E-state index contributed by atoms with van der Waals surface area (Å²) < 4.78 is 0. The van der Waals surface area contributed by atoms with Crippen LogP contribution in [0.3, 0.4) is 0 Å². The van der Waals surface area contributed by atoms with Gasteiger partial charge in [0, 0.05) is 24.2 Å². The van der Waals surface area contributed by atoms with Crippen LogP contribution < -0.4 is 0 Å². The highest BCUT2D eigenvalue weighted by Crippen LogP contribution is 2.37. The van der Waals surface area contributed by atoms with Gasteiger partial charge in [0.25, 0.3) is 5.69 Å². The zero-order valence-corrected chi connectivity index (χ0v) is 10.4. The van der Waals surface area contributed by atoms with Crippen LogP contribution in [0.5, 0.6) is 0 Å². The van der Waals surface area contributed by atoms with E-state index in [4.69, 9.17) is 0 Å². The number of benzene rings is 1. The summed E-state index contributed by atoms with van der Waals surface area (Å²) in [7, 11) is 2.19. The van der Waals surface area contributed by atoms with Crippen LogP contribution in [0.2, 0.25) is 0 Å². The monoisotopic (exact) mass is 243 g/mol. The van der Waals surface area contributed by atoms with Gasteiger partial charge in [0.15, 0.2) is 0 Å². The summed E-state index contributed by atoms with van der Waals surface area (Å²) >= 11 is 0. The van der Waals surface area contributed by atoms with Gasteiger partial charge in [0.1, 0.15) is 0 Å². The molecular formula is C14H16N2O2. The molecule has 4 nitrogen and oxygen atoms in total. The summed E-state index contributed by atoms with van der Waals surface area (Å²) in [6, 6.07) is 8.12. The molecule has 0 aliphatic carbocycles. The molecule has 1 aromatic carbocycles. The van der Waals surface area contributed by atoms with Gasteiger partial charge in [-0.3, -0.25) is 15.0 Å². The van der Waals surface area contributed by atoms with Crippen molar-refractivity contribution in [1.82, 2.24) is 4.90 Å². The Morgan fingerprint density at radius 3 is 2.61 bits per heavy atom. The molecule has 0 N–H and O–H groups in total. The highest BCUT2D eigenvalue weighted by atomic mass is 16.6. The first-order valence-corrected chi connectivity index (χ1v) is 6.32. The van der Waals surface area contributed by atoms with E-state index in [9.17, 15) is 10.1 Å². The predicted octanol–water partition coefficient (Wildman–Crippen LogP) is 2.84. The molecule has 1 aromatic rings. The van der Waals surface area contributed by atoms with Crippen LogP contribution in [-0.4, -0.2) is 29.0 Å². The fourth-order valence-electron chi connectivity index (χ4n) is 3.05. The first kappa shape index (κ1) is 11.4. The molecule has 0 saturated carbocycles. The molecule has 2 bridgehead atoms. The van der Waals surface area contributed by atoms with E-state index in [0.717, 1.165) is 12.0 Å². The smallest absolute Gasteiger partial charge is 0.269 e. The van der Waals surface area contributed by atoms with E-state index in [1.807, 2.05) is 12.1 Å². The number of hydrogen-bond donors (Lipinski definition) is 0. The molecule has 0 amide bonds. The SMILES string of the molecule is [11CH3]N1C2C=C(c3ccc([N+](=O)[O-])cc3)CC1CC2. The molecule has 0 aromatic heterocycles. The lowest BCUT2D eigenvalue weighted by Crippen LogP contribution is -2.34. The minimum atomic E-state index is -0.351. The lowest BCUT2D eigenvalue weighted by molar-refractivity contribution is -0.384. The van der Waals surface area contributed by atoms with Crippen molar-refractivity contribution in [2.45, 2.75) is 31.3 Å². The molecule has 2 heterocycles. The van der Waals surface area contributed by atoms with Crippen LogP contribution in [-0.2, 0) is 0 Å². The second kappa shape index (κ2) is 4.21. The van der Waals surface area contributed by atoms with Crippen LogP contribution in [0.4, 0.5) is 5.69 Å². The average Bonchev–Trinajstić information content (AvgIpc) is 2.62. The molecule has 1 saturated heterocycles. The number of likely N-dealkylation sites (N-methyl/N-ethyl adjacent to an activating group) is 1. The molecule has 1 fully saturated rings. The van der Waals surface area contributed by atoms with Gasteiger partial charge in [-0.15, -0.1) is 0 Å². The summed E-state index contributed by atoms with van der Waals surface area (Å²) in [5.74, 6) is 0. The lowest BCUT2D eigenvalue weighted by atomic mass is 9.93. The number of non-ortho nitro benzene ring substituents is 1. The molecule has 2 atom stereocenters. The highest BCUT2D eigenvalue weighted by molar-refractivity contribution is 5.68. The summed E-state index contributed by atoms with van der Waals surface area (Å²) in [4.78, 5) is 12.7. The van der Waals surface area contributed by atoms with Gasteiger partial charge in [0.2, 0.25) is 0 Å². The summed E-state index contributed by atoms with van der Waals surface area (Å²) in [5, 5.41) is 10.6. The van der Waals surface area contributed by atoms with E-state index in [1.165, 1.54) is 18.4 Å². The maximum absolute atomic E-state index is 10.6. The topological polar surface area (TPSA) is 46.4 Å². The second-order valence-corrected chi connectivity index (χ2v) is 5.16. The fraction of sp³-hybridized carbons (Fsp3) is 0.429. The van der Waals surface area contributed by atoms with Gasteiger partial charge in [-0.1, -0.05) is 6.08 Å². The van der Waals surface area contributed by atoms with E-state index < -0.39 is 0 Å². The summed E-state index contributed by atoms with van der Waals surface area (Å²) in [5.41, 5.74) is 2.64.